The van der Waals surface area contributed by atoms with E-state index in [4.69, 9.17) is 11.5 Å². The lowest BCUT2D eigenvalue weighted by Gasteiger charge is -2.24. The fraction of sp³-hybridized carbons (Fsp3) is 0.296. The van der Waals surface area contributed by atoms with Crippen molar-refractivity contribution in [2.24, 2.45) is 11.5 Å². The minimum Gasteiger partial charge on any atom is -0.508 e. The topological polar surface area (TPSA) is 230 Å². The van der Waals surface area contributed by atoms with Crippen molar-refractivity contribution in [1.82, 2.24) is 20.9 Å². The second-order valence-corrected chi connectivity index (χ2v) is 9.78. The molecule has 1 aromatic heterocycles. The van der Waals surface area contributed by atoms with E-state index in [0.29, 0.717) is 11.1 Å². The number of rotatable bonds is 14. The number of phenolic OH excluding ortho intramolecular Hbond substituents is 1. The SMILES string of the molecule is NC(=O)CC(NC(=O)C(Cc1c[nH]c2ccccc12)NC(=O)C(N)CS)C(=O)NC(Cc1ccc(O)cc1)C(=O)O. The van der Waals surface area contributed by atoms with Crippen molar-refractivity contribution in [2.45, 2.75) is 43.4 Å². The third kappa shape index (κ3) is 8.71. The average molecular weight is 585 g/mol. The van der Waals surface area contributed by atoms with E-state index in [1.165, 1.54) is 24.3 Å². The molecule has 14 heteroatoms. The standard InChI is InChI=1S/C27H32N6O7S/c28-18(13-41)24(36)31-20(10-15-12-30-19-4-2-1-3-17(15)19)25(37)32-21(11-23(29)35)26(38)33-22(27(39)40)9-14-5-7-16(34)8-6-14/h1-8,12,18,20-22,30,34,41H,9-11,13,28H2,(H2,29,35)(H,31,36)(H,32,37)(H,33,38)(H,39,40). The highest BCUT2D eigenvalue weighted by Crippen LogP contribution is 2.19. The Morgan fingerprint density at radius 1 is 0.854 bits per heavy atom. The molecule has 41 heavy (non-hydrogen) atoms. The van der Waals surface area contributed by atoms with Crippen molar-refractivity contribution in [3.8, 4) is 5.75 Å². The number of aliphatic carboxylic acids is 1. The van der Waals surface area contributed by atoms with Crippen molar-refractivity contribution < 1.29 is 34.2 Å². The number of aromatic amines is 1. The van der Waals surface area contributed by atoms with E-state index in [-0.39, 0.29) is 24.3 Å². The van der Waals surface area contributed by atoms with E-state index in [1.54, 1.807) is 6.20 Å². The largest absolute Gasteiger partial charge is 0.508 e. The van der Waals surface area contributed by atoms with Crippen LogP contribution in [0.5, 0.6) is 5.75 Å². The first-order chi connectivity index (χ1) is 19.5. The van der Waals surface area contributed by atoms with E-state index in [9.17, 15) is 34.2 Å². The number of thiol groups is 1. The van der Waals surface area contributed by atoms with E-state index < -0.39 is 60.2 Å². The molecular formula is C27H32N6O7S. The number of carboxylic acid groups (broad SMARTS) is 1. The molecule has 0 bridgehead atoms. The number of amides is 4. The van der Waals surface area contributed by atoms with E-state index in [2.05, 4.69) is 33.6 Å². The fourth-order valence-electron chi connectivity index (χ4n) is 4.11. The molecule has 0 aliphatic carbocycles. The monoisotopic (exact) mass is 584 g/mol. The number of nitrogens with one attached hydrogen (secondary N) is 4. The van der Waals surface area contributed by atoms with Gasteiger partial charge in [0, 0.05) is 35.7 Å². The highest BCUT2D eigenvalue weighted by molar-refractivity contribution is 7.80. The van der Waals surface area contributed by atoms with Gasteiger partial charge >= 0.3 is 5.97 Å². The number of nitrogens with two attached hydrogens (primary N) is 2. The van der Waals surface area contributed by atoms with E-state index >= 15 is 0 Å². The lowest BCUT2D eigenvalue weighted by molar-refractivity contribution is -0.142. The van der Waals surface area contributed by atoms with Crippen molar-refractivity contribution in [1.29, 1.82) is 0 Å². The molecule has 13 nitrogen and oxygen atoms in total. The Balaban J connectivity index is 1.81. The van der Waals surface area contributed by atoms with Crippen LogP contribution >= 0.6 is 12.6 Å². The Morgan fingerprint density at radius 2 is 1.46 bits per heavy atom. The molecule has 4 amide bonds. The smallest absolute Gasteiger partial charge is 0.326 e. The van der Waals surface area contributed by atoms with Crippen molar-refractivity contribution in [2.75, 3.05) is 5.75 Å². The summed E-state index contributed by atoms with van der Waals surface area (Å²) in [5, 5.41) is 27.2. The van der Waals surface area contributed by atoms with Gasteiger partial charge in [-0.25, -0.2) is 4.79 Å². The van der Waals surface area contributed by atoms with Gasteiger partial charge in [0.05, 0.1) is 12.5 Å². The Labute approximate surface area is 240 Å². The molecule has 3 rings (SSSR count). The minimum atomic E-state index is -1.54. The summed E-state index contributed by atoms with van der Waals surface area (Å²) in [4.78, 5) is 65.8. The number of carbonyl (C=O) groups excluding carboxylic acids is 4. The predicted octanol–water partition coefficient (Wildman–Crippen LogP) is -0.670. The van der Waals surface area contributed by atoms with Gasteiger partial charge in [0.25, 0.3) is 0 Å². The summed E-state index contributed by atoms with van der Waals surface area (Å²) >= 11 is 4.02. The van der Waals surface area contributed by atoms with Crippen LogP contribution in [0.15, 0.2) is 54.7 Å². The maximum atomic E-state index is 13.4. The van der Waals surface area contributed by atoms with Crippen LogP contribution in [0.25, 0.3) is 10.9 Å². The minimum absolute atomic E-state index is 0.00436. The van der Waals surface area contributed by atoms with Gasteiger partial charge in [-0.15, -0.1) is 0 Å². The number of hydrogen-bond donors (Lipinski definition) is 9. The van der Waals surface area contributed by atoms with Crippen LogP contribution < -0.4 is 27.4 Å². The van der Waals surface area contributed by atoms with Gasteiger partial charge in [-0.1, -0.05) is 30.3 Å². The maximum absolute atomic E-state index is 13.4. The quantitative estimate of drug-likeness (QED) is 0.110. The number of fused-ring (bicyclic) bond motifs is 1. The lowest BCUT2D eigenvalue weighted by atomic mass is 10.0. The molecule has 218 valence electrons. The third-order valence-corrected chi connectivity index (χ3v) is 6.69. The van der Waals surface area contributed by atoms with Gasteiger partial charge in [-0.2, -0.15) is 12.6 Å². The molecular weight excluding hydrogens is 552 g/mol. The first kappa shape index (κ1) is 31.0. The molecule has 4 unspecified atom stereocenters. The molecule has 3 aromatic rings. The molecule has 10 N–H and O–H groups in total. The molecule has 0 saturated heterocycles. The van der Waals surface area contributed by atoms with Crippen molar-refractivity contribution in [3.05, 3.63) is 65.9 Å². The first-order valence-corrected chi connectivity index (χ1v) is 13.2. The molecule has 0 spiro atoms. The number of benzene rings is 2. The van der Waals surface area contributed by atoms with Crippen molar-refractivity contribution in [3.63, 3.8) is 0 Å². The summed E-state index contributed by atoms with van der Waals surface area (Å²) in [5.41, 5.74) is 13.1. The second-order valence-electron chi connectivity index (χ2n) is 9.42. The average Bonchev–Trinajstić information content (AvgIpc) is 3.34. The number of carboxylic acids is 1. The number of H-pyrrole nitrogens is 1. The molecule has 2 aromatic carbocycles. The Bertz CT molecular complexity index is 1410. The summed E-state index contributed by atoms with van der Waals surface area (Å²) in [5.74, 6) is -4.73. The first-order valence-electron chi connectivity index (χ1n) is 12.6. The van der Waals surface area contributed by atoms with Crippen LogP contribution in [-0.4, -0.2) is 74.7 Å². The van der Waals surface area contributed by atoms with Crippen LogP contribution in [0.4, 0.5) is 0 Å². The number of phenols is 1. The zero-order valence-electron chi connectivity index (χ0n) is 21.9. The normalized spacial score (nSPS) is 13.9. The van der Waals surface area contributed by atoms with Crippen LogP contribution in [0.2, 0.25) is 0 Å². The molecule has 0 saturated carbocycles. The number of aromatic nitrogens is 1. The summed E-state index contributed by atoms with van der Waals surface area (Å²) in [6, 6.07) is 7.85. The van der Waals surface area contributed by atoms with Crippen LogP contribution in [0.1, 0.15) is 17.5 Å². The number of aromatic hydroxyl groups is 1. The van der Waals surface area contributed by atoms with Gasteiger partial charge in [-0.05, 0) is 29.3 Å². The van der Waals surface area contributed by atoms with Gasteiger partial charge in [0.1, 0.15) is 23.9 Å². The zero-order valence-corrected chi connectivity index (χ0v) is 22.8. The molecule has 1 heterocycles. The predicted molar refractivity (Wildman–Crippen MR) is 153 cm³/mol. The van der Waals surface area contributed by atoms with Gasteiger partial charge < -0.3 is 42.6 Å². The highest BCUT2D eigenvalue weighted by atomic mass is 32.1. The summed E-state index contributed by atoms with van der Waals surface area (Å²) in [7, 11) is 0. The van der Waals surface area contributed by atoms with Gasteiger partial charge in [0.2, 0.25) is 23.6 Å². The maximum Gasteiger partial charge on any atom is 0.326 e. The number of carbonyl (C=O) groups is 5. The molecule has 0 aliphatic heterocycles. The third-order valence-electron chi connectivity index (χ3n) is 6.29. The number of hydrogen-bond acceptors (Lipinski definition) is 8. The van der Waals surface area contributed by atoms with Crippen LogP contribution in [0, 0.1) is 0 Å². The Morgan fingerprint density at radius 3 is 2.10 bits per heavy atom. The molecule has 0 fully saturated rings. The molecule has 4 atom stereocenters. The van der Waals surface area contributed by atoms with E-state index in [0.717, 1.165) is 10.9 Å². The zero-order chi connectivity index (χ0) is 30.1. The van der Waals surface area contributed by atoms with Gasteiger partial charge in [-0.3, -0.25) is 19.2 Å². The number of primary amides is 1. The summed E-state index contributed by atoms with van der Waals surface area (Å²) < 4.78 is 0. The fourth-order valence-corrected chi connectivity index (χ4v) is 4.28. The summed E-state index contributed by atoms with van der Waals surface area (Å²) in [6.07, 6.45) is 0.918. The highest BCUT2D eigenvalue weighted by Gasteiger charge is 2.31. The number of para-hydroxylation sites is 1. The Kier molecular flexibility index (Phi) is 10.7. The second kappa shape index (κ2) is 14.2. The lowest BCUT2D eigenvalue weighted by Crippen LogP contribution is -2.58. The van der Waals surface area contributed by atoms with Crippen LogP contribution in [0.3, 0.4) is 0 Å². The molecule has 0 radical (unpaired) electrons. The van der Waals surface area contributed by atoms with Crippen molar-refractivity contribution >= 4 is 53.1 Å². The van der Waals surface area contributed by atoms with Crippen LogP contribution in [-0.2, 0) is 36.8 Å². The molecule has 0 aliphatic rings. The Hall–Kier alpha value is -4.56. The van der Waals surface area contributed by atoms with Gasteiger partial charge in [0.15, 0.2) is 0 Å². The summed E-state index contributed by atoms with van der Waals surface area (Å²) in [6.45, 7) is 0. The van der Waals surface area contributed by atoms with E-state index in [1.807, 2.05) is 24.3 Å².